The highest BCUT2D eigenvalue weighted by molar-refractivity contribution is 6.05. The first-order valence-electron chi connectivity index (χ1n) is 13.7. The van der Waals surface area contributed by atoms with Crippen molar-refractivity contribution in [3.05, 3.63) is 83.7 Å². The molecule has 0 amide bonds. The van der Waals surface area contributed by atoms with Crippen molar-refractivity contribution in [2.24, 2.45) is 11.0 Å². The van der Waals surface area contributed by atoms with Crippen molar-refractivity contribution in [3.8, 4) is 17.6 Å². The molecule has 3 aromatic carbocycles. The number of halogens is 1. The summed E-state index contributed by atoms with van der Waals surface area (Å²) in [5, 5.41) is 15.9. The first kappa shape index (κ1) is 28.0. The van der Waals surface area contributed by atoms with Gasteiger partial charge in [0.25, 0.3) is 0 Å². The molecule has 9 heteroatoms. The second-order valence-corrected chi connectivity index (χ2v) is 10.3. The van der Waals surface area contributed by atoms with Gasteiger partial charge in [-0.2, -0.15) is 10.4 Å². The Morgan fingerprint density at radius 3 is 2.34 bits per heavy atom. The lowest BCUT2D eigenvalue weighted by atomic mass is 9.90. The molecule has 0 saturated carbocycles. The number of esters is 1. The molecule has 2 aliphatic rings. The lowest BCUT2D eigenvalue weighted by Crippen LogP contribution is -2.38. The van der Waals surface area contributed by atoms with Gasteiger partial charge in [-0.15, -0.1) is 0 Å². The van der Waals surface area contributed by atoms with Crippen molar-refractivity contribution in [3.63, 3.8) is 0 Å². The molecule has 0 N–H and O–H groups in total. The Morgan fingerprint density at radius 1 is 1.02 bits per heavy atom. The number of piperidine rings is 1. The number of hydrogen-bond acceptors (Lipinski definition) is 8. The summed E-state index contributed by atoms with van der Waals surface area (Å²) in [4.78, 5) is 14.3. The number of methoxy groups -OCH3 is 2. The average Bonchev–Trinajstić information content (AvgIpc) is 3.33. The second-order valence-electron chi connectivity index (χ2n) is 10.3. The minimum atomic E-state index is -0.303. The van der Waals surface area contributed by atoms with Crippen LogP contribution in [0.5, 0.6) is 11.5 Å². The molecule has 0 aliphatic carbocycles. The van der Waals surface area contributed by atoms with Gasteiger partial charge in [0.15, 0.2) is 0 Å². The molecule has 0 bridgehead atoms. The van der Waals surface area contributed by atoms with Crippen LogP contribution >= 0.6 is 0 Å². The number of nitriles is 1. The van der Waals surface area contributed by atoms with Gasteiger partial charge in [-0.3, -0.25) is 9.80 Å². The number of ether oxygens (including phenoxy) is 3. The fraction of sp³-hybridized carbons (Fsp3) is 0.344. The number of carbonyl (C=O) groups is 1. The Hall–Kier alpha value is -4.58. The Morgan fingerprint density at radius 2 is 1.71 bits per heavy atom. The van der Waals surface area contributed by atoms with Crippen molar-refractivity contribution in [1.29, 1.82) is 5.26 Å². The molecule has 2 aliphatic heterocycles. The maximum atomic E-state index is 14.4. The molecule has 2 heterocycles. The number of nitrogens with zero attached hydrogens (tertiary/aromatic N) is 4. The van der Waals surface area contributed by atoms with Crippen molar-refractivity contribution in [2.75, 3.05) is 37.2 Å². The van der Waals surface area contributed by atoms with E-state index in [0.717, 1.165) is 35.6 Å². The van der Waals surface area contributed by atoms with E-state index >= 15 is 0 Å². The number of rotatable bonds is 8. The zero-order valence-electron chi connectivity index (χ0n) is 23.4. The summed E-state index contributed by atoms with van der Waals surface area (Å²) >= 11 is 0. The number of hydrogen-bond donors (Lipinski definition) is 0. The molecule has 1 fully saturated rings. The predicted octanol–water partition coefficient (Wildman–Crippen LogP) is 5.55. The van der Waals surface area contributed by atoms with Crippen LogP contribution in [0.1, 0.15) is 37.3 Å². The highest BCUT2D eigenvalue weighted by Gasteiger charge is 2.37. The zero-order valence-corrected chi connectivity index (χ0v) is 23.4. The molecule has 8 nitrogen and oxygen atoms in total. The maximum Gasteiger partial charge on any atom is 0.307 e. The first-order chi connectivity index (χ1) is 19.9. The normalized spacial score (nSPS) is 19.0. The van der Waals surface area contributed by atoms with E-state index in [9.17, 15) is 9.18 Å². The average molecular weight is 557 g/mol. The number of hydrazone groups is 1. The van der Waals surface area contributed by atoms with E-state index < -0.39 is 0 Å². The van der Waals surface area contributed by atoms with Gasteiger partial charge in [-0.05, 0) is 54.1 Å². The molecule has 0 radical (unpaired) electrons. The maximum absolute atomic E-state index is 14.4. The Labute approximate surface area is 239 Å². The van der Waals surface area contributed by atoms with E-state index in [1.54, 1.807) is 31.4 Å². The van der Waals surface area contributed by atoms with Gasteiger partial charge in [0, 0.05) is 37.9 Å². The third-order valence-electron chi connectivity index (χ3n) is 7.79. The van der Waals surface area contributed by atoms with E-state index in [-0.39, 0.29) is 36.3 Å². The van der Waals surface area contributed by atoms with Gasteiger partial charge in [0.2, 0.25) is 0 Å². The predicted molar refractivity (Wildman–Crippen MR) is 155 cm³/mol. The number of anilines is 2. The fourth-order valence-corrected chi connectivity index (χ4v) is 5.42. The van der Waals surface area contributed by atoms with E-state index in [1.807, 2.05) is 53.2 Å². The van der Waals surface area contributed by atoms with E-state index in [4.69, 9.17) is 24.6 Å². The molecular formula is C32H33FN4O4. The van der Waals surface area contributed by atoms with Gasteiger partial charge in [-0.25, -0.2) is 4.39 Å². The molecular weight excluding hydrogens is 523 g/mol. The highest BCUT2D eigenvalue weighted by Crippen LogP contribution is 2.34. The molecule has 0 aromatic heterocycles. The molecule has 1 saturated heterocycles. The third kappa shape index (κ3) is 6.12. The van der Waals surface area contributed by atoms with Crippen molar-refractivity contribution < 1.29 is 23.4 Å². The minimum absolute atomic E-state index is 0.0191. The van der Waals surface area contributed by atoms with E-state index in [2.05, 4.69) is 6.07 Å². The van der Waals surface area contributed by atoms with Gasteiger partial charge >= 0.3 is 5.97 Å². The van der Waals surface area contributed by atoms with Crippen molar-refractivity contribution in [2.45, 2.75) is 38.3 Å². The van der Waals surface area contributed by atoms with Crippen LogP contribution in [-0.4, -0.2) is 51.1 Å². The molecule has 5 rings (SSSR count). The number of benzene rings is 3. The topological polar surface area (TPSA) is 87.4 Å². The van der Waals surface area contributed by atoms with E-state index in [0.29, 0.717) is 30.1 Å². The summed E-state index contributed by atoms with van der Waals surface area (Å²) in [6.07, 6.45) is 1.74. The molecule has 3 aromatic rings. The van der Waals surface area contributed by atoms with Crippen LogP contribution in [0.4, 0.5) is 15.8 Å². The summed E-state index contributed by atoms with van der Waals surface area (Å²) in [7, 11) is 2.96. The van der Waals surface area contributed by atoms with Crippen LogP contribution < -0.4 is 19.4 Å². The fourth-order valence-electron chi connectivity index (χ4n) is 5.42. The number of carbonyl (C=O) groups excluding carboxylic acids is 1. The van der Waals surface area contributed by atoms with Crippen LogP contribution in [0.2, 0.25) is 0 Å². The molecule has 41 heavy (non-hydrogen) atoms. The van der Waals surface area contributed by atoms with Gasteiger partial charge < -0.3 is 19.1 Å². The molecule has 0 unspecified atom stereocenters. The summed E-state index contributed by atoms with van der Waals surface area (Å²) < 4.78 is 30.9. The Kier molecular flexibility index (Phi) is 8.39. The van der Waals surface area contributed by atoms with Crippen LogP contribution in [0, 0.1) is 23.1 Å². The summed E-state index contributed by atoms with van der Waals surface area (Å²) in [6.45, 7) is 3.41. The summed E-state index contributed by atoms with van der Waals surface area (Å²) in [6, 6.07) is 21.7. The van der Waals surface area contributed by atoms with Crippen LogP contribution in [-0.2, 0) is 9.53 Å². The standard InChI is InChI=1S/C32H33FN4O4/c1-21-29(19-31(38)40-3)37(35-32(21)23-6-4-22(20-34)5-7-23)24-8-10-25(11-9-24)41-26-14-16-36(17-15-26)30-18-27(39-2)12-13-28(30)33/h4-13,18,21,26,29H,14-17,19H2,1-3H3/t21-,29-/m0/s1. The van der Waals surface area contributed by atoms with Crippen LogP contribution in [0.3, 0.4) is 0 Å². The lowest BCUT2D eigenvalue weighted by Gasteiger charge is -2.34. The van der Waals surface area contributed by atoms with E-state index in [1.165, 1.54) is 13.2 Å². The molecule has 2 atom stereocenters. The van der Waals surface area contributed by atoms with Gasteiger partial charge in [0.05, 0.1) is 55.4 Å². The summed E-state index contributed by atoms with van der Waals surface area (Å²) in [5.74, 6) is 0.774. The highest BCUT2D eigenvalue weighted by atomic mass is 19.1. The van der Waals surface area contributed by atoms with Gasteiger partial charge in [0.1, 0.15) is 23.4 Å². The summed E-state index contributed by atoms with van der Waals surface area (Å²) in [5.41, 5.74) is 3.73. The molecule has 212 valence electrons. The second kappa shape index (κ2) is 12.3. The third-order valence-corrected chi connectivity index (χ3v) is 7.79. The smallest absolute Gasteiger partial charge is 0.307 e. The lowest BCUT2D eigenvalue weighted by molar-refractivity contribution is -0.141. The minimum Gasteiger partial charge on any atom is -0.497 e. The SMILES string of the molecule is COC(=O)C[C@H]1[C@H](C)C(c2ccc(C#N)cc2)=NN1c1ccc(OC2CCN(c3cc(OC)ccc3F)CC2)cc1. The largest absolute Gasteiger partial charge is 0.497 e. The van der Waals surface area contributed by atoms with Crippen LogP contribution in [0.25, 0.3) is 0 Å². The quantitative estimate of drug-likeness (QED) is 0.337. The monoisotopic (exact) mass is 556 g/mol. The molecule has 0 spiro atoms. The van der Waals surface area contributed by atoms with Crippen LogP contribution in [0.15, 0.2) is 71.8 Å². The zero-order chi connectivity index (χ0) is 28.9. The van der Waals surface area contributed by atoms with Crippen molar-refractivity contribution >= 4 is 23.1 Å². The van der Waals surface area contributed by atoms with Crippen molar-refractivity contribution in [1.82, 2.24) is 0 Å². The Bertz CT molecular complexity index is 1440. The Balaban J connectivity index is 1.27. The first-order valence-corrected chi connectivity index (χ1v) is 13.7. The van der Waals surface area contributed by atoms with Gasteiger partial charge in [-0.1, -0.05) is 19.1 Å².